The van der Waals surface area contributed by atoms with Crippen LogP contribution in [-0.2, 0) is 0 Å². The Morgan fingerprint density at radius 1 is 1.55 bits per heavy atom. The Morgan fingerprint density at radius 2 is 2.27 bits per heavy atom. The van der Waals surface area contributed by atoms with Crippen LogP contribution < -0.4 is 0 Å². The van der Waals surface area contributed by atoms with Crippen molar-refractivity contribution in [3.05, 3.63) is 24.0 Å². The molecule has 1 aromatic heterocycles. The fraction of sp³-hybridized carbons (Fsp3) is 0.250. The zero-order chi connectivity index (χ0) is 8.27. The predicted molar refractivity (Wildman–Crippen MR) is 46.0 cm³/mol. The number of carbonyl (C=O) groups is 1. The molecule has 1 aromatic rings. The van der Waals surface area contributed by atoms with E-state index in [1.54, 1.807) is 31.1 Å². The summed E-state index contributed by atoms with van der Waals surface area (Å²) in [5.74, 6) is 0.0633. The van der Waals surface area contributed by atoms with Gasteiger partial charge in [0.1, 0.15) is 0 Å². The monoisotopic (exact) mass is 167 g/mol. The molecule has 0 bridgehead atoms. The Kier molecular flexibility index (Phi) is 2.65. The first-order chi connectivity index (χ1) is 5.24. The molecule has 1 heterocycles. The van der Waals surface area contributed by atoms with E-state index in [4.69, 9.17) is 0 Å². The van der Waals surface area contributed by atoms with Gasteiger partial charge in [-0.05, 0) is 19.2 Å². The number of thioether (sulfide) groups is 1. The molecule has 0 amide bonds. The third-order valence-electron chi connectivity index (χ3n) is 1.36. The minimum Gasteiger partial charge on any atom is -0.294 e. The first-order valence-electron chi connectivity index (χ1n) is 3.24. The van der Waals surface area contributed by atoms with Crippen molar-refractivity contribution < 1.29 is 4.79 Å². The highest BCUT2D eigenvalue weighted by Gasteiger charge is 1.99. The second kappa shape index (κ2) is 3.53. The molecule has 1 rings (SSSR count). The SMILES string of the molecule is CSc1cncc(C(C)=O)c1. The Bertz CT molecular complexity index is 273. The van der Waals surface area contributed by atoms with Gasteiger partial charge in [-0.15, -0.1) is 11.8 Å². The molecule has 11 heavy (non-hydrogen) atoms. The van der Waals surface area contributed by atoms with Gasteiger partial charge >= 0.3 is 0 Å². The third kappa shape index (κ3) is 2.05. The third-order valence-corrected chi connectivity index (χ3v) is 2.05. The fourth-order valence-electron chi connectivity index (χ4n) is 0.723. The average Bonchev–Trinajstić information content (AvgIpc) is 2.05. The molecule has 0 aromatic carbocycles. The van der Waals surface area contributed by atoms with Gasteiger partial charge in [0.15, 0.2) is 5.78 Å². The van der Waals surface area contributed by atoms with E-state index < -0.39 is 0 Å². The molecule has 0 radical (unpaired) electrons. The van der Waals surface area contributed by atoms with Crippen molar-refractivity contribution in [2.24, 2.45) is 0 Å². The number of Topliss-reactive ketones (excluding diaryl/α,β-unsaturated/α-hetero) is 1. The molecular weight excluding hydrogens is 158 g/mol. The summed E-state index contributed by atoms with van der Waals surface area (Å²) in [4.78, 5) is 15.8. The zero-order valence-corrected chi connectivity index (χ0v) is 7.31. The lowest BCUT2D eigenvalue weighted by Crippen LogP contribution is -1.92. The lowest BCUT2D eigenvalue weighted by atomic mass is 10.2. The summed E-state index contributed by atoms with van der Waals surface area (Å²) in [6.45, 7) is 1.54. The molecule has 3 heteroatoms. The molecule has 0 saturated heterocycles. The van der Waals surface area contributed by atoms with E-state index in [1.165, 1.54) is 0 Å². The number of aromatic nitrogens is 1. The van der Waals surface area contributed by atoms with Gasteiger partial charge in [0.05, 0.1) is 0 Å². The van der Waals surface area contributed by atoms with Gasteiger partial charge in [-0.25, -0.2) is 0 Å². The summed E-state index contributed by atoms with van der Waals surface area (Å²) in [6, 6.07) is 1.85. The van der Waals surface area contributed by atoms with Crippen LogP contribution in [0.25, 0.3) is 0 Å². The van der Waals surface area contributed by atoms with E-state index >= 15 is 0 Å². The number of ketones is 1. The fourth-order valence-corrected chi connectivity index (χ4v) is 1.13. The van der Waals surface area contributed by atoms with Crippen molar-refractivity contribution >= 4 is 17.5 Å². The minimum atomic E-state index is 0.0633. The summed E-state index contributed by atoms with van der Waals surface area (Å²) < 4.78 is 0. The second-order valence-electron chi connectivity index (χ2n) is 2.17. The zero-order valence-electron chi connectivity index (χ0n) is 6.50. The maximum atomic E-state index is 10.9. The maximum absolute atomic E-state index is 10.9. The first kappa shape index (κ1) is 8.27. The van der Waals surface area contributed by atoms with Crippen LogP contribution in [0, 0.1) is 0 Å². The Labute approximate surface area is 70.0 Å². The number of carbonyl (C=O) groups excluding carboxylic acids is 1. The standard InChI is InChI=1S/C8H9NOS/c1-6(10)7-3-8(11-2)5-9-4-7/h3-5H,1-2H3. The molecule has 0 unspecified atom stereocenters. The molecule has 0 fully saturated rings. The van der Waals surface area contributed by atoms with E-state index in [0.717, 1.165) is 4.90 Å². The van der Waals surface area contributed by atoms with E-state index in [1.807, 2.05) is 12.3 Å². The van der Waals surface area contributed by atoms with Gasteiger partial charge < -0.3 is 0 Å². The van der Waals surface area contributed by atoms with Crippen LogP contribution in [0.4, 0.5) is 0 Å². The van der Waals surface area contributed by atoms with Crippen LogP contribution >= 0.6 is 11.8 Å². The predicted octanol–water partition coefficient (Wildman–Crippen LogP) is 2.01. The largest absolute Gasteiger partial charge is 0.294 e. The van der Waals surface area contributed by atoms with Gasteiger partial charge in [0, 0.05) is 22.9 Å². The van der Waals surface area contributed by atoms with Crippen molar-refractivity contribution in [3.63, 3.8) is 0 Å². The van der Waals surface area contributed by atoms with Gasteiger partial charge in [-0.2, -0.15) is 0 Å². The molecular formula is C8H9NOS. The number of hydrogen-bond donors (Lipinski definition) is 0. The van der Waals surface area contributed by atoms with Crippen LogP contribution in [0.15, 0.2) is 23.4 Å². The van der Waals surface area contributed by atoms with Crippen molar-refractivity contribution in [1.29, 1.82) is 0 Å². The van der Waals surface area contributed by atoms with E-state index in [0.29, 0.717) is 5.56 Å². The van der Waals surface area contributed by atoms with Crippen LogP contribution in [0.2, 0.25) is 0 Å². The van der Waals surface area contributed by atoms with Gasteiger partial charge in [0.25, 0.3) is 0 Å². The molecule has 0 N–H and O–H groups in total. The second-order valence-corrected chi connectivity index (χ2v) is 3.05. The molecule has 0 atom stereocenters. The summed E-state index contributed by atoms with van der Waals surface area (Å²) in [5.41, 5.74) is 0.678. The molecule has 0 spiro atoms. The lowest BCUT2D eigenvalue weighted by Gasteiger charge is -1.96. The highest BCUT2D eigenvalue weighted by molar-refractivity contribution is 7.98. The first-order valence-corrected chi connectivity index (χ1v) is 4.46. The van der Waals surface area contributed by atoms with Crippen molar-refractivity contribution in [3.8, 4) is 0 Å². The summed E-state index contributed by atoms with van der Waals surface area (Å²) in [7, 11) is 0. The normalized spacial score (nSPS) is 9.64. The van der Waals surface area contributed by atoms with Crippen LogP contribution in [0.1, 0.15) is 17.3 Å². The molecule has 0 aliphatic heterocycles. The van der Waals surface area contributed by atoms with Crippen molar-refractivity contribution in [1.82, 2.24) is 4.98 Å². The van der Waals surface area contributed by atoms with Gasteiger partial charge in [-0.3, -0.25) is 9.78 Å². The molecule has 2 nitrogen and oxygen atoms in total. The number of rotatable bonds is 2. The van der Waals surface area contributed by atoms with Crippen molar-refractivity contribution in [2.45, 2.75) is 11.8 Å². The molecule has 0 aliphatic carbocycles. The number of hydrogen-bond acceptors (Lipinski definition) is 3. The molecule has 58 valence electrons. The minimum absolute atomic E-state index is 0.0633. The lowest BCUT2D eigenvalue weighted by molar-refractivity contribution is 0.101. The van der Waals surface area contributed by atoms with Crippen LogP contribution in [0.3, 0.4) is 0 Å². The quantitative estimate of drug-likeness (QED) is 0.498. The van der Waals surface area contributed by atoms with Crippen LogP contribution in [0.5, 0.6) is 0 Å². The Hall–Kier alpha value is -0.830. The highest BCUT2D eigenvalue weighted by Crippen LogP contribution is 2.14. The van der Waals surface area contributed by atoms with Crippen molar-refractivity contribution in [2.75, 3.05) is 6.26 Å². The van der Waals surface area contributed by atoms with E-state index in [2.05, 4.69) is 4.98 Å². The average molecular weight is 167 g/mol. The number of pyridine rings is 1. The molecule has 0 saturated carbocycles. The summed E-state index contributed by atoms with van der Waals surface area (Å²) >= 11 is 1.59. The smallest absolute Gasteiger partial charge is 0.161 e. The van der Waals surface area contributed by atoms with Crippen LogP contribution in [-0.4, -0.2) is 17.0 Å². The van der Waals surface area contributed by atoms with E-state index in [-0.39, 0.29) is 5.78 Å². The van der Waals surface area contributed by atoms with Gasteiger partial charge in [0.2, 0.25) is 0 Å². The number of nitrogens with zero attached hydrogens (tertiary/aromatic N) is 1. The van der Waals surface area contributed by atoms with Gasteiger partial charge in [-0.1, -0.05) is 0 Å². The summed E-state index contributed by atoms with van der Waals surface area (Å²) in [6.07, 6.45) is 5.29. The highest BCUT2D eigenvalue weighted by atomic mass is 32.2. The molecule has 0 aliphatic rings. The van der Waals surface area contributed by atoms with E-state index in [9.17, 15) is 4.79 Å². The Balaban J connectivity index is 3.01. The Morgan fingerprint density at radius 3 is 2.82 bits per heavy atom. The topological polar surface area (TPSA) is 30.0 Å². The summed E-state index contributed by atoms with van der Waals surface area (Å²) in [5, 5.41) is 0. The maximum Gasteiger partial charge on any atom is 0.161 e.